The van der Waals surface area contributed by atoms with E-state index in [0.29, 0.717) is 19.0 Å². The van der Waals surface area contributed by atoms with E-state index < -0.39 is 0 Å². The van der Waals surface area contributed by atoms with E-state index in [1.165, 1.54) is 6.42 Å². The van der Waals surface area contributed by atoms with Gasteiger partial charge in [0.15, 0.2) is 0 Å². The van der Waals surface area contributed by atoms with E-state index in [-0.39, 0.29) is 11.9 Å². The van der Waals surface area contributed by atoms with E-state index >= 15 is 0 Å². The van der Waals surface area contributed by atoms with Crippen molar-refractivity contribution in [3.63, 3.8) is 0 Å². The van der Waals surface area contributed by atoms with Crippen LogP contribution in [0.1, 0.15) is 32.6 Å². The molecule has 0 heterocycles. The lowest BCUT2D eigenvalue weighted by Gasteiger charge is -2.26. The Labute approximate surface area is 104 Å². The average molecular weight is 239 g/mol. The van der Waals surface area contributed by atoms with Gasteiger partial charge in [-0.05, 0) is 38.1 Å². The molecule has 2 saturated carbocycles. The van der Waals surface area contributed by atoms with Crippen LogP contribution in [0.5, 0.6) is 0 Å². The molecular formula is C13H25N3O. The van der Waals surface area contributed by atoms with Crippen molar-refractivity contribution in [1.82, 2.24) is 10.2 Å². The number of likely N-dealkylation sites (N-methyl/N-ethyl adjacent to an activating group) is 1. The van der Waals surface area contributed by atoms with Gasteiger partial charge in [0.1, 0.15) is 0 Å². The molecule has 0 aromatic heterocycles. The molecule has 0 aromatic carbocycles. The average Bonchev–Trinajstić information content (AvgIpc) is 3.17. The fraction of sp³-hybridized carbons (Fsp3) is 0.923. The minimum absolute atomic E-state index is 0.165. The van der Waals surface area contributed by atoms with Crippen molar-refractivity contribution in [2.24, 2.45) is 17.6 Å². The van der Waals surface area contributed by atoms with Gasteiger partial charge in [-0.3, -0.25) is 4.79 Å². The zero-order valence-corrected chi connectivity index (χ0v) is 11.0. The monoisotopic (exact) mass is 239 g/mol. The summed E-state index contributed by atoms with van der Waals surface area (Å²) >= 11 is 0. The molecule has 0 radical (unpaired) electrons. The Morgan fingerprint density at radius 2 is 2.18 bits per heavy atom. The Morgan fingerprint density at radius 1 is 1.53 bits per heavy atom. The van der Waals surface area contributed by atoms with Gasteiger partial charge in [0, 0.05) is 31.6 Å². The Bertz CT molecular complexity index is 278. The first-order valence-corrected chi connectivity index (χ1v) is 6.79. The van der Waals surface area contributed by atoms with Gasteiger partial charge in [-0.25, -0.2) is 0 Å². The van der Waals surface area contributed by atoms with Crippen molar-refractivity contribution in [3.8, 4) is 0 Å². The Morgan fingerprint density at radius 3 is 2.65 bits per heavy atom. The Kier molecular flexibility index (Phi) is 4.05. The number of hydrogen-bond donors (Lipinski definition) is 2. The highest BCUT2D eigenvalue weighted by Crippen LogP contribution is 2.38. The third-order valence-electron chi connectivity index (χ3n) is 4.06. The molecule has 4 heteroatoms. The molecule has 1 amide bonds. The van der Waals surface area contributed by atoms with Crippen LogP contribution in [0, 0.1) is 11.8 Å². The van der Waals surface area contributed by atoms with Crippen LogP contribution in [0.25, 0.3) is 0 Å². The SMILES string of the molecule is CC1CC1CN(C)C(CN)CC(=O)NC1CC1. The molecule has 0 saturated heterocycles. The predicted octanol–water partition coefficient (Wildman–Crippen LogP) is 0.570. The zero-order chi connectivity index (χ0) is 12.4. The lowest BCUT2D eigenvalue weighted by atomic mass is 10.1. The molecule has 0 bridgehead atoms. The standard InChI is InChI=1S/C13H25N3O/c1-9-5-10(9)8-16(2)12(7-14)6-13(17)15-11-3-4-11/h9-12H,3-8,14H2,1-2H3,(H,15,17). The maximum absolute atomic E-state index is 11.7. The van der Waals surface area contributed by atoms with Crippen molar-refractivity contribution in [2.75, 3.05) is 20.1 Å². The number of carbonyl (C=O) groups excluding carboxylic acids is 1. The molecule has 0 aliphatic heterocycles. The molecule has 0 spiro atoms. The normalized spacial score (nSPS) is 29.2. The number of amides is 1. The largest absolute Gasteiger partial charge is 0.353 e. The summed E-state index contributed by atoms with van der Waals surface area (Å²) in [6.45, 7) is 3.94. The smallest absolute Gasteiger partial charge is 0.221 e. The van der Waals surface area contributed by atoms with Crippen LogP contribution in [0.15, 0.2) is 0 Å². The Balaban J connectivity index is 1.71. The van der Waals surface area contributed by atoms with Crippen LogP contribution >= 0.6 is 0 Å². The van der Waals surface area contributed by atoms with E-state index in [9.17, 15) is 4.79 Å². The molecule has 3 unspecified atom stereocenters. The summed E-state index contributed by atoms with van der Waals surface area (Å²) in [6, 6.07) is 0.649. The summed E-state index contributed by atoms with van der Waals surface area (Å²) < 4.78 is 0. The number of nitrogens with two attached hydrogens (primary N) is 1. The van der Waals surface area contributed by atoms with E-state index in [2.05, 4.69) is 24.2 Å². The predicted molar refractivity (Wildman–Crippen MR) is 68.5 cm³/mol. The van der Waals surface area contributed by atoms with Gasteiger partial charge >= 0.3 is 0 Å². The summed E-state index contributed by atoms with van der Waals surface area (Å²) in [4.78, 5) is 14.0. The molecule has 3 atom stereocenters. The number of carbonyl (C=O) groups is 1. The first-order valence-electron chi connectivity index (χ1n) is 6.79. The van der Waals surface area contributed by atoms with Crippen molar-refractivity contribution >= 4 is 5.91 Å². The quantitative estimate of drug-likeness (QED) is 0.683. The summed E-state index contributed by atoms with van der Waals surface area (Å²) in [5.74, 6) is 1.84. The number of nitrogens with zero attached hydrogens (tertiary/aromatic N) is 1. The third-order valence-corrected chi connectivity index (χ3v) is 4.06. The van der Waals surface area contributed by atoms with E-state index in [1.54, 1.807) is 0 Å². The zero-order valence-electron chi connectivity index (χ0n) is 11.0. The third kappa shape index (κ3) is 3.96. The topological polar surface area (TPSA) is 58.4 Å². The lowest BCUT2D eigenvalue weighted by molar-refractivity contribution is -0.122. The van der Waals surface area contributed by atoms with Gasteiger partial charge in [-0.1, -0.05) is 6.92 Å². The van der Waals surface area contributed by atoms with E-state index in [1.807, 2.05) is 0 Å². The molecule has 98 valence electrons. The van der Waals surface area contributed by atoms with Crippen molar-refractivity contribution < 1.29 is 4.79 Å². The molecule has 0 aromatic rings. The first kappa shape index (κ1) is 12.8. The summed E-state index contributed by atoms with van der Waals surface area (Å²) in [5.41, 5.74) is 5.78. The van der Waals surface area contributed by atoms with E-state index in [4.69, 9.17) is 5.73 Å². The maximum atomic E-state index is 11.7. The van der Waals surface area contributed by atoms with Crippen LogP contribution in [0.3, 0.4) is 0 Å². The highest BCUT2D eigenvalue weighted by atomic mass is 16.1. The van der Waals surface area contributed by atoms with Crippen LogP contribution in [-0.4, -0.2) is 43.0 Å². The second-order valence-corrected chi connectivity index (χ2v) is 5.85. The van der Waals surface area contributed by atoms with Gasteiger partial charge < -0.3 is 16.0 Å². The van der Waals surface area contributed by atoms with Crippen LogP contribution < -0.4 is 11.1 Å². The fourth-order valence-electron chi connectivity index (χ4n) is 2.32. The summed E-state index contributed by atoms with van der Waals surface area (Å²) in [7, 11) is 2.09. The van der Waals surface area contributed by atoms with Gasteiger partial charge in [-0.2, -0.15) is 0 Å². The first-order chi connectivity index (χ1) is 8.10. The molecule has 2 rings (SSSR count). The molecule has 4 nitrogen and oxygen atoms in total. The van der Waals surface area contributed by atoms with Gasteiger partial charge in [0.2, 0.25) is 5.91 Å². The van der Waals surface area contributed by atoms with Gasteiger partial charge in [-0.15, -0.1) is 0 Å². The maximum Gasteiger partial charge on any atom is 0.221 e. The second-order valence-electron chi connectivity index (χ2n) is 5.85. The highest BCUT2D eigenvalue weighted by molar-refractivity contribution is 5.77. The summed E-state index contributed by atoms with van der Waals surface area (Å²) in [5, 5.41) is 3.03. The fourth-order valence-corrected chi connectivity index (χ4v) is 2.32. The number of rotatable bonds is 7. The van der Waals surface area contributed by atoms with Crippen LogP contribution in [0.2, 0.25) is 0 Å². The van der Waals surface area contributed by atoms with Crippen molar-refractivity contribution in [1.29, 1.82) is 0 Å². The molecule has 2 aliphatic rings. The van der Waals surface area contributed by atoms with Crippen LogP contribution in [-0.2, 0) is 4.79 Å². The highest BCUT2D eigenvalue weighted by Gasteiger charge is 2.34. The van der Waals surface area contributed by atoms with Crippen molar-refractivity contribution in [2.45, 2.75) is 44.7 Å². The van der Waals surface area contributed by atoms with Crippen LogP contribution in [0.4, 0.5) is 0 Å². The molecule has 2 fully saturated rings. The minimum Gasteiger partial charge on any atom is -0.353 e. The number of hydrogen-bond acceptors (Lipinski definition) is 3. The molecule has 17 heavy (non-hydrogen) atoms. The number of nitrogens with one attached hydrogen (secondary N) is 1. The molecule has 3 N–H and O–H groups in total. The van der Waals surface area contributed by atoms with Crippen molar-refractivity contribution in [3.05, 3.63) is 0 Å². The molecule has 2 aliphatic carbocycles. The van der Waals surface area contributed by atoms with Gasteiger partial charge in [0.05, 0.1) is 0 Å². The minimum atomic E-state index is 0.165. The molecular weight excluding hydrogens is 214 g/mol. The lowest BCUT2D eigenvalue weighted by Crippen LogP contribution is -2.43. The van der Waals surface area contributed by atoms with E-state index in [0.717, 1.165) is 31.2 Å². The Hall–Kier alpha value is -0.610. The summed E-state index contributed by atoms with van der Waals surface area (Å²) in [6.07, 6.45) is 4.17. The second kappa shape index (κ2) is 5.36. The van der Waals surface area contributed by atoms with Gasteiger partial charge in [0.25, 0.3) is 0 Å².